The molecular weight excluding hydrogens is 382 g/mol. The molecule has 0 saturated heterocycles. The van der Waals surface area contributed by atoms with Crippen molar-refractivity contribution in [1.29, 1.82) is 0 Å². The standard InChI is InChI=1S/C15H28N2O7P2/c1-5-21-25(19,22-6-2)15(26(20,23-7-3)24-8-4)11-13(16-17-15)14(18)12-9-10-12/h12,17H,5-11H2,1-4H3. The van der Waals surface area contributed by atoms with Gasteiger partial charge in [-0.05, 0) is 40.5 Å². The number of nitrogens with one attached hydrogen (secondary N) is 1. The Labute approximate surface area is 154 Å². The van der Waals surface area contributed by atoms with E-state index in [2.05, 4.69) is 10.5 Å². The molecule has 0 radical (unpaired) electrons. The van der Waals surface area contributed by atoms with E-state index in [9.17, 15) is 13.9 Å². The highest BCUT2D eigenvalue weighted by Gasteiger charge is 2.69. The normalized spacial score (nSPS) is 19.9. The third kappa shape index (κ3) is 3.84. The van der Waals surface area contributed by atoms with E-state index in [1.807, 2.05) is 0 Å². The molecule has 2 rings (SSSR count). The fraction of sp³-hybridized carbons (Fsp3) is 0.867. The average Bonchev–Trinajstić information content (AvgIpc) is 3.32. The summed E-state index contributed by atoms with van der Waals surface area (Å²) >= 11 is 0. The van der Waals surface area contributed by atoms with Crippen LogP contribution in [0.3, 0.4) is 0 Å². The van der Waals surface area contributed by atoms with Crippen molar-refractivity contribution in [2.75, 3.05) is 26.4 Å². The van der Waals surface area contributed by atoms with Crippen LogP contribution in [0, 0.1) is 5.92 Å². The summed E-state index contributed by atoms with van der Waals surface area (Å²) in [5, 5.41) is 2.19. The molecule has 0 bridgehead atoms. The van der Waals surface area contributed by atoms with Crippen molar-refractivity contribution < 1.29 is 32.0 Å². The van der Waals surface area contributed by atoms with Crippen molar-refractivity contribution in [3.63, 3.8) is 0 Å². The Balaban J connectivity index is 2.50. The summed E-state index contributed by atoms with van der Waals surface area (Å²) in [7, 11) is -8.11. The van der Waals surface area contributed by atoms with Crippen LogP contribution in [-0.4, -0.2) is 42.9 Å². The first-order valence-electron chi connectivity index (χ1n) is 8.99. The van der Waals surface area contributed by atoms with Crippen LogP contribution in [0.1, 0.15) is 47.0 Å². The molecule has 0 aromatic heterocycles. The summed E-state index contributed by atoms with van der Waals surface area (Å²) in [4.78, 5) is 12.5. The van der Waals surface area contributed by atoms with Gasteiger partial charge in [0.1, 0.15) is 5.71 Å². The second-order valence-corrected chi connectivity index (χ2v) is 10.9. The van der Waals surface area contributed by atoms with Crippen molar-refractivity contribution in [1.82, 2.24) is 5.43 Å². The van der Waals surface area contributed by atoms with Gasteiger partial charge in [-0.2, -0.15) is 5.10 Å². The Bertz CT molecular complexity index is 598. The fourth-order valence-electron chi connectivity index (χ4n) is 2.84. The number of carbonyl (C=O) groups excluding carboxylic acids is 1. The summed E-state index contributed by atoms with van der Waals surface area (Å²) in [5.74, 6) is -0.220. The van der Waals surface area contributed by atoms with E-state index >= 15 is 0 Å². The van der Waals surface area contributed by atoms with Crippen LogP contribution < -0.4 is 5.43 Å². The van der Waals surface area contributed by atoms with Gasteiger partial charge >= 0.3 is 15.2 Å². The van der Waals surface area contributed by atoms with E-state index in [0.717, 1.165) is 12.8 Å². The van der Waals surface area contributed by atoms with Gasteiger partial charge in [-0.25, -0.2) is 0 Å². The minimum atomic E-state index is -4.06. The van der Waals surface area contributed by atoms with Gasteiger partial charge in [0, 0.05) is 12.3 Å². The molecule has 150 valence electrons. The number of rotatable bonds is 12. The Kier molecular flexibility index (Phi) is 7.22. The maximum Gasteiger partial charge on any atom is 0.370 e. The van der Waals surface area contributed by atoms with Gasteiger partial charge in [0.2, 0.25) is 0 Å². The molecule has 2 aliphatic rings. The third-order valence-corrected chi connectivity index (χ3v) is 10.3. The van der Waals surface area contributed by atoms with Crippen molar-refractivity contribution in [2.24, 2.45) is 11.0 Å². The van der Waals surface area contributed by atoms with Crippen LogP contribution in [0.2, 0.25) is 0 Å². The van der Waals surface area contributed by atoms with E-state index in [1.165, 1.54) is 0 Å². The summed E-state index contributed by atoms with van der Waals surface area (Å²) in [6.07, 6.45) is 1.40. The van der Waals surface area contributed by atoms with Crippen LogP contribution in [0.15, 0.2) is 5.10 Å². The first kappa shape index (κ1) is 21.7. The lowest BCUT2D eigenvalue weighted by Gasteiger charge is -2.38. The van der Waals surface area contributed by atoms with E-state index in [0.29, 0.717) is 0 Å². The topological polar surface area (TPSA) is 113 Å². The molecule has 0 amide bonds. The lowest BCUT2D eigenvalue weighted by molar-refractivity contribution is -0.114. The molecule has 0 aromatic carbocycles. The van der Waals surface area contributed by atoms with Gasteiger partial charge in [0.15, 0.2) is 5.78 Å². The van der Waals surface area contributed by atoms with E-state index in [4.69, 9.17) is 18.1 Å². The number of nitrogens with zero attached hydrogens (tertiary/aromatic N) is 1. The fourth-order valence-corrected chi connectivity index (χ4v) is 8.13. The molecule has 1 fully saturated rings. The lowest BCUT2D eigenvalue weighted by atomic mass is 10.1. The van der Waals surface area contributed by atoms with Crippen LogP contribution in [0.5, 0.6) is 0 Å². The Morgan fingerprint density at radius 2 is 1.42 bits per heavy atom. The maximum atomic E-state index is 13.7. The molecule has 0 aromatic rings. The van der Waals surface area contributed by atoms with Crippen LogP contribution in [0.4, 0.5) is 0 Å². The summed E-state index contributed by atoms with van der Waals surface area (Å²) in [6, 6.07) is 0. The second kappa shape index (κ2) is 8.63. The van der Waals surface area contributed by atoms with Gasteiger partial charge < -0.3 is 18.1 Å². The van der Waals surface area contributed by atoms with Gasteiger partial charge in [-0.3, -0.25) is 19.4 Å². The number of ketones is 1. The van der Waals surface area contributed by atoms with E-state index in [1.54, 1.807) is 27.7 Å². The molecule has 9 nitrogen and oxygen atoms in total. The second-order valence-electron chi connectivity index (χ2n) is 5.97. The first-order valence-corrected chi connectivity index (χ1v) is 12.1. The quantitative estimate of drug-likeness (QED) is 0.487. The molecule has 0 atom stereocenters. The monoisotopic (exact) mass is 410 g/mol. The maximum absolute atomic E-state index is 13.7. The van der Waals surface area contributed by atoms with Gasteiger partial charge in [-0.15, -0.1) is 0 Å². The average molecular weight is 410 g/mol. The highest BCUT2D eigenvalue weighted by molar-refractivity contribution is 7.74. The molecule has 26 heavy (non-hydrogen) atoms. The molecule has 11 heteroatoms. The Hall–Kier alpha value is -0.560. The van der Waals surface area contributed by atoms with Crippen LogP contribution in [-0.2, 0) is 32.0 Å². The van der Waals surface area contributed by atoms with Crippen molar-refractivity contribution in [3.8, 4) is 0 Å². The number of Topliss-reactive ketones (excluding diaryl/α,β-unsaturated/α-hetero) is 1. The number of hydrazone groups is 1. The summed E-state index contributed by atoms with van der Waals surface area (Å²) < 4.78 is 49.1. The minimum Gasteiger partial charge on any atom is -0.307 e. The highest BCUT2D eigenvalue weighted by atomic mass is 31.2. The third-order valence-electron chi connectivity index (χ3n) is 4.12. The van der Waals surface area contributed by atoms with E-state index < -0.39 is 20.2 Å². The molecule has 1 heterocycles. The van der Waals surface area contributed by atoms with E-state index in [-0.39, 0.29) is 50.3 Å². The zero-order chi connectivity index (χ0) is 19.4. The van der Waals surface area contributed by atoms with Crippen LogP contribution >= 0.6 is 15.2 Å². The molecule has 0 unspecified atom stereocenters. The zero-order valence-corrected chi connectivity index (χ0v) is 17.5. The minimum absolute atomic E-state index is 0.0604. The molecule has 0 spiro atoms. The highest BCUT2D eigenvalue weighted by Crippen LogP contribution is 2.78. The lowest BCUT2D eigenvalue weighted by Crippen LogP contribution is -2.42. The Morgan fingerprint density at radius 3 is 1.77 bits per heavy atom. The zero-order valence-electron chi connectivity index (χ0n) is 15.7. The summed E-state index contributed by atoms with van der Waals surface area (Å²) in [5.41, 5.74) is 2.82. The van der Waals surface area contributed by atoms with Gasteiger partial charge in [0.25, 0.3) is 5.02 Å². The number of hydrogen-bond donors (Lipinski definition) is 1. The SMILES string of the molecule is CCOP(=O)(OCC)C1(P(=O)(OCC)OCC)CC(C(=O)C2CC2)=NN1. The van der Waals surface area contributed by atoms with Crippen molar-refractivity contribution in [2.45, 2.75) is 52.0 Å². The summed E-state index contributed by atoms with van der Waals surface area (Å²) in [6.45, 7) is 6.84. The first-order chi connectivity index (χ1) is 12.3. The predicted octanol–water partition coefficient (Wildman–Crippen LogP) is 3.50. The predicted molar refractivity (Wildman–Crippen MR) is 97.4 cm³/mol. The molecule has 1 aliphatic heterocycles. The smallest absolute Gasteiger partial charge is 0.307 e. The molecule has 1 saturated carbocycles. The van der Waals surface area contributed by atoms with Gasteiger partial charge in [-0.1, -0.05) is 0 Å². The molecule has 1 aliphatic carbocycles. The largest absolute Gasteiger partial charge is 0.370 e. The number of hydrogen-bond acceptors (Lipinski definition) is 9. The van der Waals surface area contributed by atoms with Crippen molar-refractivity contribution in [3.05, 3.63) is 0 Å². The van der Waals surface area contributed by atoms with Crippen LogP contribution in [0.25, 0.3) is 0 Å². The number of carbonyl (C=O) groups is 1. The van der Waals surface area contributed by atoms with Crippen molar-refractivity contribution >= 4 is 26.7 Å². The Morgan fingerprint density at radius 1 is 1.00 bits per heavy atom. The molecule has 1 N–H and O–H groups in total. The molecular formula is C15H28N2O7P2. The van der Waals surface area contributed by atoms with Gasteiger partial charge in [0.05, 0.1) is 26.4 Å².